The molecule has 4 aromatic rings. The van der Waals surface area contributed by atoms with Gasteiger partial charge in [-0.25, -0.2) is 31.1 Å². The lowest BCUT2D eigenvalue weighted by Gasteiger charge is -2.20. The molecule has 4 aromatic carbocycles. The van der Waals surface area contributed by atoms with Crippen LogP contribution in [-0.2, 0) is 23.7 Å². The molecule has 0 aromatic heterocycles. The summed E-state index contributed by atoms with van der Waals surface area (Å²) in [6, 6.07) is 10.1. The maximum atomic E-state index is 15.0. The van der Waals surface area contributed by atoms with Gasteiger partial charge in [-0.05, 0) is 90.6 Å². The van der Waals surface area contributed by atoms with Gasteiger partial charge in [0.05, 0.1) is 12.2 Å². The SMILES string of the molecule is CCOc1ccc(-c2cc(F)c(-c3cc(F)c(CCc4cc(F)c(C(F)(F)OC(F)(F)F)c(F)c4)c(F)c3)c(F)c2)cc1. The zero-order valence-electron chi connectivity index (χ0n) is 21.9. The topological polar surface area (TPSA) is 18.5 Å². The van der Waals surface area contributed by atoms with Gasteiger partial charge in [-0.15, -0.1) is 13.2 Å². The molecule has 43 heavy (non-hydrogen) atoms. The first kappa shape index (κ1) is 31.8. The maximum absolute atomic E-state index is 15.0. The summed E-state index contributed by atoms with van der Waals surface area (Å²) in [5, 5.41) is 0. The summed E-state index contributed by atoms with van der Waals surface area (Å²) in [4.78, 5) is 0. The van der Waals surface area contributed by atoms with E-state index in [4.69, 9.17) is 4.74 Å². The summed E-state index contributed by atoms with van der Waals surface area (Å²) in [6.07, 6.45) is -12.5. The van der Waals surface area contributed by atoms with E-state index in [-0.39, 0.29) is 17.7 Å². The minimum atomic E-state index is -5.91. The second kappa shape index (κ2) is 12.2. The normalized spacial score (nSPS) is 12.1. The quantitative estimate of drug-likeness (QED) is 0.174. The Morgan fingerprint density at radius 1 is 0.581 bits per heavy atom. The number of hydrogen-bond donors (Lipinski definition) is 0. The molecule has 0 aliphatic carbocycles. The average molecular weight is 620 g/mol. The molecule has 0 aliphatic rings. The third kappa shape index (κ3) is 7.27. The Morgan fingerprint density at radius 2 is 1.09 bits per heavy atom. The Bertz CT molecular complexity index is 1560. The van der Waals surface area contributed by atoms with Crippen LogP contribution < -0.4 is 4.74 Å². The number of alkyl halides is 5. The number of aryl methyl sites for hydroxylation is 1. The van der Waals surface area contributed by atoms with Gasteiger partial charge in [-0.3, -0.25) is 0 Å². The second-order valence-corrected chi connectivity index (χ2v) is 9.19. The van der Waals surface area contributed by atoms with E-state index in [9.17, 15) is 48.3 Å². The molecule has 0 fully saturated rings. The van der Waals surface area contributed by atoms with E-state index in [1.165, 1.54) is 0 Å². The molecule has 228 valence electrons. The molecule has 0 unspecified atom stereocenters. The zero-order valence-corrected chi connectivity index (χ0v) is 21.9. The van der Waals surface area contributed by atoms with Crippen LogP contribution in [0, 0.1) is 34.9 Å². The van der Waals surface area contributed by atoms with Crippen LogP contribution in [0.2, 0.25) is 0 Å². The van der Waals surface area contributed by atoms with Crippen LogP contribution in [0.5, 0.6) is 5.75 Å². The average Bonchev–Trinajstić information content (AvgIpc) is 2.86. The van der Waals surface area contributed by atoms with Crippen molar-refractivity contribution in [1.82, 2.24) is 0 Å². The highest BCUT2D eigenvalue weighted by atomic mass is 19.4. The lowest BCUT2D eigenvalue weighted by Crippen LogP contribution is -2.29. The van der Waals surface area contributed by atoms with Gasteiger partial charge < -0.3 is 4.74 Å². The molecule has 0 saturated heterocycles. The Hall–Kier alpha value is -4.13. The molecular formula is C30H19F11O2. The summed E-state index contributed by atoms with van der Waals surface area (Å²) >= 11 is 0. The Labute approximate surface area is 237 Å². The molecule has 0 bridgehead atoms. The molecule has 0 heterocycles. The van der Waals surface area contributed by atoms with Crippen LogP contribution in [0.4, 0.5) is 48.3 Å². The highest BCUT2D eigenvalue weighted by Crippen LogP contribution is 2.39. The van der Waals surface area contributed by atoms with E-state index < -0.39 is 88.0 Å². The lowest BCUT2D eigenvalue weighted by molar-refractivity contribution is -0.432. The molecule has 13 heteroatoms. The van der Waals surface area contributed by atoms with Crippen LogP contribution in [0.25, 0.3) is 22.3 Å². The molecule has 0 radical (unpaired) electrons. The standard InChI is InChI=1S/C30H19F11O2/c1-2-42-19-6-4-16(5-7-19)17-11-23(33)27(24(34)12-17)18-13-21(31)20(22(32)14-18)8-3-15-9-25(35)28(26(36)10-15)29(37,38)43-30(39,40)41/h4-7,9-14H,2-3,8H2,1H3. The van der Waals surface area contributed by atoms with Gasteiger partial charge in [0.2, 0.25) is 0 Å². The Balaban J connectivity index is 1.56. The van der Waals surface area contributed by atoms with Crippen molar-refractivity contribution in [3.63, 3.8) is 0 Å². The van der Waals surface area contributed by atoms with Crippen molar-refractivity contribution in [1.29, 1.82) is 0 Å². The Kier molecular flexibility index (Phi) is 9.05. The molecule has 2 nitrogen and oxygen atoms in total. The zero-order chi connectivity index (χ0) is 31.7. The van der Waals surface area contributed by atoms with E-state index in [1.807, 2.05) is 0 Å². The first-order valence-corrected chi connectivity index (χ1v) is 12.4. The third-order valence-electron chi connectivity index (χ3n) is 6.27. The molecule has 0 amide bonds. The molecule has 0 spiro atoms. The fourth-order valence-electron chi connectivity index (χ4n) is 4.43. The van der Waals surface area contributed by atoms with Crippen molar-refractivity contribution in [3.05, 3.63) is 112 Å². The highest BCUT2D eigenvalue weighted by Gasteiger charge is 2.49. The van der Waals surface area contributed by atoms with Gasteiger partial charge in [0, 0.05) is 5.56 Å². The largest absolute Gasteiger partial charge is 0.527 e. The van der Waals surface area contributed by atoms with E-state index in [2.05, 4.69) is 4.74 Å². The maximum Gasteiger partial charge on any atom is 0.527 e. The van der Waals surface area contributed by atoms with E-state index in [0.717, 1.165) is 12.1 Å². The van der Waals surface area contributed by atoms with Crippen molar-refractivity contribution < 1.29 is 57.8 Å². The number of hydrogen-bond acceptors (Lipinski definition) is 2. The number of benzene rings is 4. The number of ether oxygens (including phenoxy) is 2. The van der Waals surface area contributed by atoms with Crippen molar-refractivity contribution >= 4 is 0 Å². The molecular weight excluding hydrogens is 601 g/mol. The fraction of sp³-hybridized carbons (Fsp3) is 0.200. The smallest absolute Gasteiger partial charge is 0.494 e. The van der Waals surface area contributed by atoms with Crippen molar-refractivity contribution in [2.24, 2.45) is 0 Å². The van der Waals surface area contributed by atoms with Gasteiger partial charge in [0.15, 0.2) is 0 Å². The van der Waals surface area contributed by atoms with Crippen LogP contribution >= 0.6 is 0 Å². The highest BCUT2D eigenvalue weighted by molar-refractivity contribution is 5.72. The first-order chi connectivity index (χ1) is 20.1. The van der Waals surface area contributed by atoms with Crippen LogP contribution in [-0.4, -0.2) is 13.0 Å². The molecule has 4 rings (SSSR count). The predicted molar refractivity (Wildman–Crippen MR) is 133 cm³/mol. The third-order valence-corrected chi connectivity index (χ3v) is 6.27. The lowest BCUT2D eigenvalue weighted by atomic mass is 9.96. The van der Waals surface area contributed by atoms with Crippen molar-refractivity contribution in [2.75, 3.05) is 6.61 Å². The number of rotatable bonds is 9. The first-order valence-electron chi connectivity index (χ1n) is 12.4. The summed E-state index contributed by atoms with van der Waals surface area (Å²) in [6.45, 7) is 2.20. The fourth-order valence-corrected chi connectivity index (χ4v) is 4.43. The van der Waals surface area contributed by atoms with E-state index in [1.54, 1.807) is 31.2 Å². The van der Waals surface area contributed by atoms with Crippen LogP contribution in [0.3, 0.4) is 0 Å². The molecule has 0 N–H and O–H groups in total. The van der Waals surface area contributed by atoms with Crippen LogP contribution in [0.15, 0.2) is 60.7 Å². The molecule has 0 atom stereocenters. The van der Waals surface area contributed by atoms with Crippen molar-refractivity contribution in [3.8, 4) is 28.0 Å². The minimum Gasteiger partial charge on any atom is -0.494 e. The van der Waals surface area contributed by atoms with E-state index in [0.29, 0.717) is 30.1 Å². The molecule has 0 aliphatic heterocycles. The number of halogens is 11. The molecule has 0 saturated carbocycles. The van der Waals surface area contributed by atoms with Gasteiger partial charge in [0.25, 0.3) is 0 Å². The monoisotopic (exact) mass is 620 g/mol. The van der Waals surface area contributed by atoms with Gasteiger partial charge >= 0.3 is 12.5 Å². The summed E-state index contributed by atoms with van der Waals surface area (Å²) in [7, 11) is 0. The van der Waals surface area contributed by atoms with Gasteiger partial charge in [-0.2, -0.15) is 8.78 Å². The summed E-state index contributed by atoms with van der Waals surface area (Å²) in [5.41, 5.74) is -4.00. The summed E-state index contributed by atoms with van der Waals surface area (Å²) < 4.78 is 160. The van der Waals surface area contributed by atoms with Gasteiger partial charge in [0.1, 0.15) is 46.2 Å². The summed E-state index contributed by atoms with van der Waals surface area (Å²) in [5.74, 6) is -8.40. The van der Waals surface area contributed by atoms with Crippen molar-refractivity contribution in [2.45, 2.75) is 32.2 Å². The predicted octanol–water partition coefficient (Wildman–Crippen LogP) is 9.62. The van der Waals surface area contributed by atoms with Gasteiger partial charge in [-0.1, -0.05) is 12.1 Å². The van der Waals surface area contributed by atoms with E-state index >= 15 is 0 Å². The minimum absolute atomic E-state index is 0.146. The second-order valence-electron chi connectivity index (χ2n) is 9.19. The van der Waals surface area contributed by atoms with Crippen LogP contribution in [0.1, 0.15) is 23.6 Å². The Morgan fingerprint density at radius 3 is 1.58 bits per heavy atom.